The average Bonchev–Trinajstić information content (AvgIpc) is 3.01. The molecule has 1 N–H and O–H groups in total. The van der Waals surface area contributed by atoms with Crippen molar-refractivity contribution in [1.82, 2.24) is 9.88 Å². The van der Waals surface area contributed by atoms with E-state index in [1.807, 2.05) is 18.2 Å². The van der Waals surface area contributed by atoms with Gasteiger partial charge in [0.25, 0.3) is 5.91 Å². The van der Waals surface area contributed by atoms with Gasteiger partial charge in [0.1, 0.15) is 10.7 Å². The van der Waals surface area contributed by atoms with E-state index in [1.54, 1.807) is 37.1 Å². The van der Waals surface area contributed by atoms with Crippen molar-refractivity contribution in [3.8, 4) is 0 Å². The largest absolute Gasteiger partial charge is 0.384 e. The summed E-state index contributed by atoms with van der Waals surface area (Å²) in [6, 6.07) is 8.92. The van der Waals surface area contributed by atoms with E-state index < -0.39 is 5.54 Å². The molecular formula is C21H23ClN4O2. The molecule has 0 unspecified atom stereocenters. The zero-order chi connectivity index (χ0) is 20.3. The Bertz CT molecular complexity index is 986. The van der Waals surface area contributed by atoms with Crippen LogP contribution < -0.4 is 10.2 Å². The van der Waals surface area contributed by atoms with E-state index in [-0.39, 0.29) is 23.9 Å². The number of hydrogen-bond donors (Lipinski definition) is 1. The van der Waals surface area contributed by atoms with Crippen LogP contribution in [-0.4, -0.2) is 33.9 Å². The molecule has 2 aliphatic rings. The second-order valence-electron chi connectivity index (χ2n) is 8.52. The third-order valence-electron chi connectivity index (χ3n) is 5.67. The molecule has 3 amide bonds. The average molecular weight is 399 g/mol. The van der Waals surface area contributed by atoms with Crippen LogP contribution in [0.2, 0.25) is 5.15 Å². The topological polar surface area (TPSA) is 65.5 Å². The summed E-state index contributed by atoms with van der Waals surface area (Å²) >= 11 is 5.97. The smallest absolute Gasteiger partial charge is 0.332 e. The van der Waals surface area contributed by atoms with Gasteiger partial charge in [-0.25, -0.2) is 14.7 Å². The summed E-state index contributed by atoms with van der Waals surface area (Å²) in [5, 5.41) is 3.74. The quantitative estimate of drug-likeness (QED) is 0.622. The molecule has 4 rings (SSSR count). The van der Waals surface area contributed by atoms with Gasteiger partial charge in [0.05, 0.1) is 5.69 Å². The number of nitrogens with one attached hydrogen (secondary N) is 1. The van der Waals surface area contributed by atoms with Crippen molar-refractivity contribution in [1.29, 1.82) is 0 Å². The first-order valence-corrected chi connectivity index (χ1v) is 9.64. The monoisotopic (exact) mass is 398 g/mol. The Balaban J connectivity index is 1.68. The van der Waals surface area contributed by atoms with Crippen LogP contribution in [0.5, 0.6) is 0 Å². The molecule has 2 aromatic rings. The molecule has 0 radical (unpaired) electrons. The maximum absolute atomic E-state index is 13.2. The lowest BCUT2D eigenvalue weighted by Gasteiger charge is -2.27. The van der Waals surface area contributed by atoms with Crippen molar-refractivity contribution in [2.45, 2.75) is 45.2 Å². The molecule has 7 heteroatoms. The van der Waals surface area contributed by atoms with Crippen molar-refractivity contribution >= 4 is 34.9 Å². The third-order valence-corrected chi connectivity index (χ3v) is 5.87. The number of carbonyl (C=O) groups is 2. The first kappa shape index (κ1) is 18.7. The predicted octanol–water partition coefficient (Wildman–Crippen LogP) is 4.19. The number of imide groups is 1. The maximum Gasteiger partial charge on any atom is 0.332 e. The fourth-order valence-corrected chi connectivity index (χ4v) is 4.07. The second kappa shape index (κ2) is 6.21. The standard InChI is InChI=1S/C21H23ClN4O2/c1-20(2)12-24-16-10-14(5-6-15(16)20)26-18(27)21(3,4)25(19(26)28)11-13-7-8-23-17(22)9-13/h5-10,24H,11-12H2,1-4H3. The highest BCUT2D eigenvalue weighted by atomic mass is 35.5. The molecule has 2 aliphatic heterocycles. The summed E-state index contributed by atoms with van der Waals surface area (Å²) in [6.07, 6.45) is 1.60. The molecule has 1 fully saturated rings. The number of fused-ring (bicyclic) bond motifs is 1. The lowest BCUT2D eigenvalue weighted by molar-refractivity contribution is -0.123. The normalized spacial score (nSPS) is 19.8. The lowest BCUT2D eigenvalue weighted by atomic mass is 9.87. The van der Waals surface area contributed by atoms with Crippen molar-refractivity contribution in [3.63, 3.8) is 0 Å². The summed E-state index contributed by atoms with van der Waals surface area (Å²) in [6.45, 7) is 8.99. The number of anilines is 2. The molecule has 6 nitrogen and oxygen atoms in total. The number of aromatic nitrogens is 1. The van der Waals surface area contributed by atoms with Crippen molar-refractivity contribution < 1.29 is 9.59 Å². The van der Waals surface area contributed by atoms with Crippen molar-refractivity contribution in [2.75, 3.05) is 16.8 Å². The van der Waals surface area contributed by atoms with Crippen LogP contribution in [-0.2, 0) is 16.8 Å². The summed E-state index contributed by atoms with van der Waals surface area (Å²) in [4.78, 5) is 33.2. The number of amides is 3. The Morgan fingerprint density at radius 1 is 1.14 bits per heavy atom. The molecule has 1 saturated heterocycles. The number of rotatable bonds is 3. The maximum atomic E-state index is 13.2. The van der Waals surface area contributed by atoms with Crippen LogP contribution in [0.3, 0.4) is 0 Å². The molecule has 0 spiro atoms. The minimum absolute atomic E-state index is 0.0266. The highest BCUT2D eigenvalue weighted by molar-refractivity contribution is 6.29. The summed E-state index contributed by atoms with van der Waals surface area (Å²) in [5.41, 5.74) is 2.64. The first-order valence-electron chi connectivity index (χ1n) is 9.26. The van der Waals surface area contributed by atoms with Gasteiger partial charge in [0.2, 0.25) is 0 Å². The van der Waals surface area contributed by atoms with E-state index >= 15 is 0 Å². The van der Waals surface area contributed by atoms with Gasteiger partial charge in [-0.15, -0.1) is 0 Å². The Kier molecular flexibility index (Phi) is 4.16. The fraction of sp³-hybridized carbons (Fsp3) is 0.381. The molecule has 28 heavy (non-hydrogen) atoms. The van der Waals surface area contributed by atoms with Gasteiger partial charge >= 0.3 is 6.03 Å². The molecule has 146 valence electrons. The van der Waals surface area contributed by atoms with Gasteiger partial charge < -0.3 is 10.2 Å². The SMILES string of the molecule is CC1(C)CNc2cc(N3C(=O)N(Cc4ccnc(Cl)c4)C(C)(C)C3=O)ccc21. The van der Waals surface area contributed by atoms with Crippen LogP contribution in [0, 0.1) is 0 Å². The minimum Gasteiger partial charge on any atom is -0.384 e. The van der Waals surface area contributed by atoms with E-state index in [4.69, 9.17) is 11.6 Å². The molecule has 0 saturated carbocycles. The van der Waals surface area contributed by atoms with E-state index in [2.05, 4.69) is 24.1 Å². The summed E-state index contributed by atoms with van der Waals surface area (Å²) in [5.74, 6) is -0.241. The molecule has 0 bridgehead atoms. The van der Waals surface area contributed by atoms with E-state index in [0.717, 1.165) is 17.8 Å². The number of pyridine rings is 1. The van der Waals surface area contributed by atoms with Crippen LogP contribution in [0.4, 0.5) is 16.2 Å². The van der Waals surface area contributed by atoms with Gasteiger partial charge in [-0.3, -0.25) is 4.79 Å². The summed E-state index contributed by atoms with van der Waals surface area (Å²) < 4.78 is 0. The van der Waals surface area contributed by atoms with Gasteiger partial charge in [0, 0.05) is 30.4 Å². The minimum atomic E-state index is -0.960. The Morgan fingerprint density at radius 2 is 1.89 bits per heavy atom. The number of benzene rings is 1. The van der Waals surface area contributed by atoms with Crippen LogP contribution in [0.1, 0.15) is 38.8 Å². The molecule has 1 aromatic carbocycles. The van der Waals surface area contributed by atoms with Crippen LogP contribution in [0.15, 0.2) is 36.5 Å². The second-order valence-corrected chi connectivity index (χ2v) is 8.91. The number of urea groups is 1. The van der Waals surface area contributed by atoms with E-state index in [9.17, 15) is 9.59 Å². The molecule has 0 atom stereocenters. The Morgan fingerprint density at radius 3 is 2.61 bits per heavy atom. The lowest BCUT2D eigenvalue weighted by Crippen LogP contribution is -2.43. The van der Waals surface area contributed by atoms with Gasteiger partial charge in [0.15, 0.2) is 0 Å². The number of halogens is 1. The highest BCUT2D eigenvalue weighted by Gasteiger charge is 2.52. The number of carbonyl (C=O) groups excluding carboxylic acids is 2. The van der Waals surface area contributed by atoms with Gasteiger partial charge in [-0.1, -0.05) is 31.5 Å². The highest BCUT2D eigenvalue weighted by Crippen LogP contribution is 2.40. The number of hydrogen-bond acceptors (Lipinski definition) is 4. The van der Waals surface area contributed by atoms with Gasteiger partial charge in [-0.2, -0.15) is 0 Å². The predicted molar refractivity (Wildman–Crippen MR) is 110 cm³/mol. The van der Waals surface area contributed by atoms with Crippen LogP contribution in [0.25, 0.3) is 0 Å². The van der Waals surface area contributed by atoms with E-state index in [0.29, 0.717) is 10.8 Å². The number of nitrogens with zero attached hydrogens (tertiary/aromatic N) is 3. The molecular weight excluding hydrogens is 376 g/mol. The third kappa shape index (κ3) is 2.83. The van der Waals surface area contributed by atoms with Gasteiger partial charge in [-0.05, 0) is 49.2 Å². The molecule has 1 aromatic heterocycles. The Labute approximate surface area is 169 Å². The summed E-state index contributed by atoms with van der Waals surface area (Å²) in [7, 11) is 0. The van der Waals surface area contributed by atoms with E-state index in [1.165, 1.54) is 10.5 Å². The molecule has 0 aliphatic carbocycles. The van der Waals surface area contributed by atoms with Crippen LogP contribution >= 0.6 is 11.6 Å². The fourth-order valence-electron chi connectivity index (χ4n) is 3.87. The van der Waals surface area contributed by atoms with Crippen molar-refractivity contribution in [3.05, 3.63) is 52.8 Å². The Hall–Kier alpha value is -2.60. The zero-order valence-electron chi connectivity index (χ0n) is 16.4. The molecule has 3 heterocycles. The zero-order valence-corrected chi connectivity index (χ0v) is 17.2. The van der Waals surface area contributed by atoms with Crippen molar-refractivity contribution in [2.24, 2.45) is 0 Å². The first-order chi connectivity index (χ1) is 13.1.